The number of H-pyrrole nitrogens is 1. The molecule has 8 nitrogen and oxygen atoms in total. The summed E-state index contributed by atoms with van der Waals surface area (Å²) in [6, 6.07) is 17.0. The molecule has 0 spiro atoms. The number of nitrogens with zero attached hydrogens (tertiary/aromatic N) is 6. The predicted molar refractivity (Wildman–Crippen MR) is 114 cm³/mol. The summed E-state index contributed by atoms with van der Waals surface area (Å²) in [6.45, 7) is 5.66. The van der Waals surface area contributed by atoms with Crippen LogP contribution in [0.25, 0.3) is 22.5 Å². The van der Waals surface area contributed by atoms with Crippen LogP contribution in [0.3, 0.4) is 0 Å². The maximum atomic E-state index is 5.62. The van der Waals surface area contributed by atoms with Crippen molar-refractivity contribution in [1.29, 1.82) is 0 Å². The normalized spacial score (nSPS) is 11.0. The largest absolute Gasteiger partial charge is 0.462 e. The first-order chi connectivity index (χ1) is 14.8. The molecule has 0 amide bonds. The number of rotatable bonds is 9. The first kappa shape index (κ1) is 19.8. The van der Waals surface area contributed by atoms with Crippen LogP contribution in [-0.4, -0.2) is 42.0 Å². The van der Waals surface area contributed by atoms with Crippen molar-refractivity contribution in [3.63, 3.8) is 0 Å². The number of aromatic amines is 1. The highest BCUT2D eigenvalue weighted by Gasteiger charge is 2.13. The molecule has 0 aliphatic rings. The number of nitrogens with one attached hydrogen (secondary N) is 1. The molecule has 0 fully saturated rings. The van der Waals surface area contributed by atoms with Gasteiger partial charge in [-0.15, -0.1) is 10.2 Å². The van der Waals surface area contributed by atoms with Crippen molar-refractivity contribution >= 4 is 0 Å². The topological polar surface area (TPSA) is 94.4 Å². The minimum Gasteiger partial charge on any atom is -0.462 e. The Hall–Kier alpha value is -3.55. The van der Waals surface area contributed by atoms with Gasteiger partial charge in [-0.1, -0.05) is 62.4 Å². The number of ether oxygens (including phenoxy) is 1. The summed E-state index contributed by atoms with van der Waals surface area (Å²) in [5, 5.41) is 18.8. The van der Waals surface area contributed by atoms with Crippen LogP contribution in [0.2, 0.25) is 0 Å². The molecule has 0 saturated carbocycles. The van der Waals surface area contributed by atoms with Crippen molar-refractivity contribution in [2.24, 2.45) is 0 Å². The van der Waals surface area contributed by atoms with Crippen molar-refractivity contribution in [1.82, 2.24) is 35.4 Å². The summed E-state index contributed by atoms with van der Waals surface area (Å²) >= 11 is 0. The Morgan fingerprint density at radius 1 is 0.967 bits per heavy atom. The van der Waals surface area contributed by atoms with E-state index in [1.165, 1.54) is 5.56 Å². The second-order valence-corrected chi connectivity index (χ2v) is 7.05. The molecule has 0 radical (unpaired) electrons. The molecule has 2 aromatic heterocycles. The van der Waals surface area contributed by atoms with E-state index in [2.05, 4.69) is 74.9 Å². The Kier molecular flexibility index (Phi) is 6.12. The van der Waals surface area contributed by atoms with Gasteiger partial charge in [-0.05, 0) is 40.0 Å². The third kappa shape index (κ3) is 4.37. The molecule has 154 valence electrons. The van der Waals surface area contributed by atoms with Crippen molar-refractivity contribution in [2.45, 2.75) is 39.7 Å². The average Bonchev–Trinajstić information content (AvgIpc) is 3.44. The molecule has 0 bridgehead atoms. The lowest BCUT2D eigenvalue weighted by molar-refractivity contribution is 0.290. The highest BCUT2D eigenvalue weighted by molar-refractivity contribution is 5.80. The van der Waals surface area contributed by atoms with Gasteiger partial charge in [0.15, 0.2) is 5.82 Å². The maximum absolute atomic E-state index is 5.62. The predicted octanol–water partition coefficient (Wildman–Crippen LogP) is 3.91. The van der Waals surface area contributed by atoms with Crippen LogP contribution in [0.5, 0.6) is 6.01 Å². The molecular formula is C22H25N7O. The van der Waals surface area contributed by atoms with Crippen LogP contribution in [0.15, 0.2) is 48.5 Å². The van der Waals surface area contributed by atoms with Crippen LogP contribution in [0.1, 0.15) is 38.1 Å². The van der Waals surface area contributed by atoms with Crippen molar-refractivity contribution < 1.29 is 4.74 Å². The number of benzene rings is 2. The molecule has 30 heavy (non-hydrogen) atoms. The standard InChI is InChI=1S/C22H25N7O/c1-3-13-29-20(23-22(26-29)30-14-4-2)15-16-9-11-17(12-10-16)18-7-5-6-8-19(18)21-24-27-28-25-21/h5-12H,3-4,13-15H2,1-2H3,(H,24,25,27,28). The Morgan fingerprint density at radius 2 is 1.77 bits per heavy atom. The average molecular weight is 403 g/mol. The maximum Gasteiger partial charge on any atom is 0.335 e. The Balaban J connectivity index is 1.56. The fourth-order valence-electron chi connectivity index (χ4n) is 3.33. The van der Waals surface area contributed by atoms with Gasteiger partial charge >= 0.3 is 6.01 Å². The number of aromatic nitrogens is 7. The summed E-state index contributed by atoms with van der Waals surface area (Å²) in [6.07, 6.45) is 2.64. The highest BCUT2D eigenvalue weighted by atomic mass is 16.5. The SMILES string of the molecule is CCCOc1nc(Cc2ccc(-c3ccccc3-c3nnn[nH]3)cc2)n(CCC)n1. The van der Waals surface area contributed by atoms with Crippen LogP contribution < -0.4 is 4.74 Å². The van der Waals surface area contributed by atoms with E-state index in [0.29, 0.717) is 24.9 Å². The molecule has 0 unspecified atom stereocenters. The Morgan fingerprint density at radius 3 is 2.47 bits per heavy atom. The number of hydrogen-bond donors (Lipinski definition) is 1. The Labute approximate surface area is 175 Å². The molecule has 0 aliphatic heterocycles. The third-order valence-electron chi connectivity index (χ3n) is 4.75. The second-order valence-electron chi connectivity index (χ2n) is 7.05. The zero-order chi connectivity index (χ0) is 20.8. The van der Waals surface area contributed by atoms with E-state index in [1.807, 2.05) is 22.9 Å². The smallest absolute Gasteiger partial charge is 0.335 e. The summed E-state index contributed by atoms with van der Waals surface area (Å²) in [5.74, 6) is 1.57. The molecule has 0 atom stereocenters. The van der Waals surface area contributed by atoms with E-state index in [4.69, 9.17) is 4.74 Å². The molecule has 8 heteroatoms. The van der Waals surface area contributed by atoms with Crippen LogP contribution in [0.4, 0.5) is 0 Å². The molecule has 4 rings (SSSR count). The second kappa shape index (κ2) is 9.30. The summed E-state index contributed by atoms with van der Waals surface area (Å²) in [7, 11) is 0. The van der Waals surface area contributed by atoms with Gasteiger partial charge in [0, 0.05) is 18.5 Å². The molecule has 0 saturated heterocycles. The van der Waals surface area contributed by atoms with E-state index in [-0.39, 0.29) is 0 Å². The monoisotopic (exact) mass is 403 g/mol. The molecular weight excluding hydrogens is 378 g/mol. The Bertz CT molecular complexity index is 1070. The fourth-order valence-corrected chi connectivity index (χ4v) is 3.33. The zero-order valence-corrected chi connectivity index (χ0v) is 17.2. The van der Waals surface area contributed by atoms with E-state index < -0.39 is 0 Å². The lowest BCUT2D eigenvalue weighted by Crippen LogP contribution is -2.06. The summed E-state index contributed by atoms with van der Waals surface area (Å²) in [4.78, 5) is 4.59. The van der Waals surface area contributed by atoms with Gasteiger partial charge in [-0.3, -0.25) is 0 Å². The molecule has 1 N–H and O–H groups in total. The van der Waals surface area contributed by atoms with Gasteiger partial charge < -0.3 is 4.74 Å². The number of aryl methyl sites for hydroxylation is 1. The van der Waals surface area contributed by atoms with E-state index in [0.717, 1.165) is 41.9 Å². The lowest BCUT2D eigenvalue weighted by Gasteiger charge is -2.09. The summed E-state index contributed by atoms with van der Waals surface area (Å²) in [5.41, 5.74) is 4.32. The molecule has 0 aliphatic carbocycles. The lowest BCUT2D eigenvalue weighted by atomic mass is 9.98. The van der Waals surface area contributed by atoms with E-state index >= 15 is 0 Å². The van der Waals surface area contributed by atoms with Gasteiger partial charge in [0.05, 0.1) is 6.61 Å². The first-order valence-electron chi connectivity index (χ1n) is 10.3. The number of hydrogen-bond acceptors (Lipinski definition) is 6. The van der Waals surface area contributed by atoms with Crippen molar-refractivity contribution in [3.05, 3.63) is 59.9 Å². The van der Waals surface area contributed by atoms with Gasteiger partial charge in [0.1, 0.15) is 5.82 Å². The minimum absolute atomic E-state index is 0.464. The quantitative estimate of drug-likeness (QED) is 0.455. The molecule has 4 aromatic rings. The van der Waals surface area contributed by atoms with Crippen LogP contribution >= 0.6 is 0 Å². The summed E-state index contributed by atoms with van der Waals surface area (Å²) < 4.78 is 7.57. The van der Waals surface area contributed by atoms with Crippen LogP contribution in [-0.2, 0) is 13.0 Å². The fraction of sp³-hybridized carbons (Fsp3) is 0.318. The number of tetrazole rings is 1. The third-order valence-corrected chi connectivity index (χ3v) is 4.75. The van der Waals surface area contributed by atoms with Gasteiger partial charge in [-0.2, -0.15) is 4.98 Å². The minimum atomic E-state index is 0.464. The zero-order valence-electron chi connectivity index (χ0n) is 17.2. The first-order valence-corrected chi connectivity index (χ1v) is 10.3. The van der Waals surface area contributed by atoms with Gasteiger partial charge in [0.25, 0.3) is 0 Å². The van der Waals surface area contributed by atoms with Gasteiger partial charge in [0.2, 0.25) is 0 Å². The van der Waals surface area contributed by atoms with Crippen molar-refractivity contribution in [3.8, 4) is 28.5 Å². The molecule has 2 aromatic carbocycles. The van der Waals surface area contributed by atoms with Crippen molar-refractivity contribution in [2.75, 3.05) is 6.61 Å². The molecule has 2 heterocycles. The van der Waals surface area contributed by atoms with E-state index in [1.54, 1.807) is 0 Å². The van der Waals surface area contributed by atoms with Gasteiger partial charge in [-0.25, -0.2) is 9.78 Å². The van der Waals surface area contributed by atoms with E-state index in [9.17, 15) is 0 Å². The van der Waals surface area contributed by atoms with Crippen LogP contribution in [0, 0.1) is 0 Å². The highest BCUT2D eigenvalue weighted by Crippen LogP contribution is 2.30.